The van der Waals surface area contributed by atoms with Crippen LogP contribution in [0, 0.1) is 12.3 Å². The molecule has 0 saturated heterocycles. The maximum atomic E-state index is 11.6. The molecule has 2 amide bonds. The molecule has 6 heteroatoms. The zero-order valence-corrected chi connectivity index (χ0v) is 11.5. The molecule has 5 nitrogen and oxygen atoms in total. The lowest BCUT2D eigenvalue weighted by molar-refractivity contribution is 0.0697. The number of carboxylic acids is 1. The van der Waals surface area contributed by atoms with E-state index in [0.717, 1.165) is 12.8 Å². The summed E-state index contributed by atoms with van der Waals surface area (Å²) in [5, 5.41) is 14.3. The van der Waals surface area contributed by atoms with Crippen LogP contribution in [-0.4, -0.2) is 23.7 Å². The SMILES string of the molecule is C#CCCCCNC(=O)Nc1cc(Cl)cc(C(=O)O)c1. The first-order chi connectivity index (χ1) is 9.52. The van der Waals surface area contributed by atoms with Crippen LogP contribution in [0.2, 0.25) is 5.02 Å². The van der Waals surface area contributed by atoms with Crippen LogP contribution in [0.4, 0.5) is 10.5 Å². The maximum Gasteiger partial charge on any atom is 0.335 e. The molecule has 1 aromatic carbocycles. The second-order valence-corrected chi connectivity index (χ2v) is 4.51. The minimum atomic E-state index is -1.11. The number of hydrogen-bond donors (Lipinski definition) is 3. The minimum absolute atomic E-state index is 0.0156. The molecular formula is C14H15ClN2O3. The Balaban J connectivity index is 2.49. The molecule has 20 heavy (non-hydrogen) atoms. The molecular weight excluding hydrogens is 280 g/mol. The fourth-order valence-corrected chi connectivity index (χ4v) is 1.75. The summed E-state index contributed by atoms with van der Waals surface area (Å²) in [6.45, 7) is 0.500. The monoisotopic (exact) mass is 294 g/mol. The van der Waals surface area contributed by atoms with E-state index in [4.69, 9.17) is 23.1 Å². The molecule has 3 N–H and O–H groups in total. The van der Waals surface area contributed by atoms with Gasteiger partial charge in [0.05, 0.1) is 5.56 Å². The second-order valence-electron chi connectivity index (χ2n) is 4.08. The maximum absolute atomic E-state index is 11.6. The lowest BCUT2D eigenvalue weighted by Gasteiger charge is -2.08. The quantitative estimate of drug-likeness (QED) is 0.557. The molecule has 0 aliphatic carbocycles. The number of carbonyl (C=O) groups is 2. The first-order valence-corrected chi connectivity index (χ1v) is 6.43. The Morgan fingerprint density at radius 2 is 2.05 bits per heavy atom. The molecule has 0 unspecified atom stereocenters. The first kappa shape index (κ1) is 15.9. The Bertz CT molecular complexity index is 538. The van der Waals surface area contributed by atoms with Crippen molar-refractivity contribution >= 4 is 29.3 Å². The molecule has 0 radical (unpaired) electrons. The smallest absolute Gasteiger partial charge is 0.335 e. The van der Waals surface area contributed by atoms with E-state index in [0.29, 0.717) is 18.7 Å². The molecule has 106 valence electrons. The van der Waals surface area contributed by atoms with E-state index in [1.807, 2.05) is 0 Å². The molecule has 0 heterocycles. The number of unbranched alkanes of at least 4 members (excludes halogenated alkanes) is 2. The zero-order valence-electron chi connectivity index (χ0n) is 10.8. The number of amides is 2. The molecule has 0 saturated carbocycles. The summed E-state index contributed by atoms with van der Waals surface area (Å²) in [5.41, 5.74) is 0.345. The highest BCUT2D eigenvalue weighted by Gasteiger charge is 2.08. The first-order valence-electron chi connectivity index (χ1n) is 6.05. The molecule has 1 aromatic rings. The molecule has 0 atom stereocenters. The number of aromatic carboxylic acids is 1. The van der Waals surface area contributed by atoms with E-state index in [-0.39, 0.29) is 10.6 Å². The molecule has 0 fully saturated rings. The van der Waals surface area contributed by atoms with Gasteiger partial charge in [-0.05, 0) is 31.0 Å². The Morgan fingerprint density at radius 1 is 1.30 bits per heavy atom. The number of benzene rings is 1. The summed E-state index contributed by atoms with van der Waals surface area (Å²) >= 11 is 5.79. The van der Waals surface area contributed by atoms with Crippen LogP contribution < -0.4 is 10.6 Å². The number of terminal acetylenes is 1. The average Bonchev–Trinajstić information content (AvgIpc) is 2.37. The molecule has 0 aliphatic rings. The third-order valence-corrected chi connectivity index (χ3v) is 2.65. The highest BCUT2D eigenvalue weighted by molar-refractivity contribution is 6.31. The van der Waals surface area contributed by atoms with E-state index in [2.05, 4.69) is 16.6 Å². The van der Waals surface area contributed by atoms with Crippen molar-refractivity contribution < 1.29 is 14.7 Å². The summed E-state index contributed by atoms with van der Waals surface area (Å²) in [6, 6.07) is 3.72. The van der Waals surface area contributed by atoms with Crippen LogP contribution in [0.3, 0.4) is 0 Å². The summed E-state index contributed by atoms with van der Waals surface area (Å²) in [7, 11) is 0. The van der Waals surface area contributed by atoms with Gasteiger partial charge < -0.3 is 15.7 Å². The molecule has 0 aromatic heterocycles. The highest BCUT2D eigenvalue weighted by atomic mass is 35.5. The van der Waals surface area contributed by atoms with Crippen molar-refractivity contribution in [2.45, 2.75) is 19.3 Å². The Hall–Kier alpha value is -2.19. The van der Waals surface area contributed by atoms with Gasteiger partial charge in [0.15, 0.2) is 0 Å². The largest absolute Gasteiger partial charge is 0.478 e. The number of urea groups is 1. The van der Waals surface area contributed by atoms with Gasteiger partial charge in [0, 0.05) is 23.7 Å². The molecule has 0 spiro atoms. The lowest BCUT2D eigenvalue weighted by atomic mass is 10.2. The van der Waals surface area contributed by atoms with Crippen LogP contribution in [-0.2, 0) is 0 Å². The Labute approximate surface area is 122 Å². The van der Waals surface area contributed by atoms with E-state index in [9.17, 15) is 9.59 Å². The third kappa shape index (κ3) is 5.63. The van der Waals surface area contributed by atoms with Gasteiger partial charge in [0.1, 0.15) is 0 Å². The van der Waals surface area contributed by atoms with Gasteiger partial charge in [0.2, 0.25) is 0 Å². The van der Waals surface area contributed by atoms with Crippen molar-refractivity contribution in [3.05, 3.63) is 28.8 Å². The van der Waals surface area contributed by atoms with Crippen molar-refractivity contribution in [1.29, 1.82) is 0 Å². The van der Waals surface area contributed by atoms with Gasteiger partial charge in [-0.25, -0.2) is 9.59 Å². The van der Waals surface area contributed by atoms with Crippen molar-refractivity contribution in [3.63, 3.8) is 0 Å². The van der Waals surface area contributed by atoms with Crippen LogP contribution in [0.25, 0.3) is 0 Å². The number of carbonyl (C=O) groups excluding carboxylic acids is 1. The Morgan fingerprint density at radius 3 is 2.70 bits per heavy atom. The average molecular weight is 295 g/mol. The van der Waals surface area contributed by atoms with E-state index in [1.165, 1.54) is 18.2 Å². The number of anilines is 1. The number of halogens is 1. The molecule has 1 rings (SSSR count). The van der Waals surface area contributed by atoms with Crippen LogP contribution in [0.1, 0.15) is 29.6 Å². The normalized spacial score (nSPS) is 9.60. The summed E-state index contributed by atoms with van der Waals surface area (Å²) in [4.78, 5) is 22.4. The highest BCUT2D eigenvalue weighted by Crippen LogP contribution is 2.19. The number of hydrogen-bond acceptors (Lipinski definition) is 2. The topological polar surface area (TPSA) is 78.4 Å². The minimum Gasteiger partial charge on any atom is -0.478 e. The van der Waals surface area contributed by atoms with Gasteiger partial charge in [-0.3, -0.25) is 0 Å². The predicted molar refractivity (Wildman–Crippen MR) is 78.1 cm³/mol. The fraction of sp³-hybridized carbons (Fsp3) is 0.286. The predicted octanol–water partition coefficient (Wildman–Crippen LogP) is 2.96. The standard InChI is InChI=1S/C14H15ClN2O3/c1-2-3-4-5-6-16-14(20)17-12-8-10(13(18)19)7-11(15)9-12/h1,7-9H,3-6H2,(H,18,19)(H2,16,17,20). The fourth-order valence-electron chi connectivity index (χ4n) is 1.51. The summed E-state index contributed by atoms with van der Waals surface area (Å²) < 4.78 is 0. The van der Waals surface area contributed by atoms with Gasteiger partial charge in [-0.15, -0.1) is 12.3 Å². The van der Waals surface area contributed by atoms with Gasteiger partial charge in [-0.1, -0.05) is 11.6 Å². The van der Waals surface area contributed by atoms with Crippen LogP contribution in [0.5, 0.6) is 0 Å². The van der Waals surface area contributed by atoms with Gasteiger partial charge in [-0.2, -0.15) is 0 Å². The number of carboxylic acid groups (broad SMARTS) is 1. The molecule has 0 bridgehead atoms. The molecule has 0 aliphatic heterocycles. The second kappa shape index (κ2) is 8.08. The van der Waals surface area contributed by atoms with Gasteiger partial charge >= 0.3 is 12.0 Å². The third-order valence-electron chi connectivity index (χ3n) is 2.44. The Kier molecular flexibility index (Phi) is 6.41. The zero-order chi connectivity index (χ0) is 15.0. The van der Waals surface area contributed by atoms with Crippen molar-refractivity contribution in [2.75, 3.05) is 11.9 Å². The van der Waals surface area contributed by atoms with E-state index >= 15 is 0 Å². The lowest BCUT2D eigenvalue weighted by Crippen LogP contribution is -2.29. The summed E-state index contributed by atoms with van der Waals surface area (Å²) in [5.74, 6) is 1.41. The van der Waals surface area contributed by atoms with Crippen molar-refractivity contribution in [1.82, 2.24) is 5.32 Å². The van der Waals surface area contributed by atoms with E-state index < -0.39 is 12.0 Å². The van der Waals surface area contributed by atoms with Crippen molar-refractivity contribution in [3.8, 4) is 12.3 Å². The summed E-state index contributed by atoms with van der Waals surface area (Å²) in [6.07, 6.45) is 7.43. The van der Waals surface area contributed by atoms with Crippen LogP contribution in [0.15, 0.2) is 18.2 Å². The van der Waals surface area contributed by atoms with E-state index in [1.54, 1.807) is 0 Å². The van der Waals surface area contributed by atoms with Crippen molar-refractivity contribution in [2.24, 2.45) is 0 Å². The number of rotatable bonds is 6. The number of nitrogens with one attached hydrogen (secondary N) is 2. The van der Waals surface area contributed by atoms with Gasteiger partial charge in [0.25, 0.3) is 0 Å². The van der Waals surface area contributed by atoms with Crippen LogP contribution >= 0.6 is 11.6 Å².